The number of benzene rings is 1. The maximum Gasteiger partial charge on any atom is 0.315 e. The van der Waals surface area contributed by atoms with Gasteiger partial charge in [-0.15, -0.1) is 0 Å². The fourth-order valence-corrected chi connectivity index (χ4v) is 5.33. The van der Waals surface area contributed by atoms with E-state index >= 15 is 0 Å². The molecule has 24 heavy (non-hydrogen) atoms. The summed E-state index contributed by atoms with van der Waals surface area (Å²) in [6, 6.07) is 8.35. The van der Waals surface area contributed by atoms with Gasteiger partial charge in [-0.1, -0.05) is 17.7 Å². The van der Waals surface area contributed by atoms with Crippen LogP contribution in [-0.2, 0) is 0 Å². The Labute approximate surface area is 144 Å². The first-order valence-corrected chi connectivity index (χ1v) is 9.41. The first kappa shape index (κ1) is 15.8. The zero-order valence-corrected chi connectivity index (χ0v) is 14.5. The van der Waals surface area contributed by atoms with Crippen LogP contribution in [0.3, 0.4) is 0 Å². The molecule has 0 spiro atoms. The van der Waals surface area contributed by atoms with Crippen molar-refractivity contribution in [3.63, 3.8) is 0 Å². The molecule has 0 aromatic heterocycles. The van der Waals surface area contributed by atoms with Crippen molar-refractivity contribution in [2.24, 2.45) is 23.7 Å². The highest BCUT2D eigenvalue weighted by Gasteiger charge is 2.48. The molecule has 4 saturated carbocycles. The van der Waals surface area contributed by atoms with E-state index in [1.807, 2.05) is 24.3 Å². The lowest BCUT2D eigenvalue weighted by Crippen LogP contribution is -2.57. The average Bonchev–Trinajstić information content (AvgIpc) is 2.56. The SMILES string of the molecule is Cc1ccc(OCCNC(=O)NC2C3CC4CC(C3)CC2C4)cc1. The Morgan fingerprint density at radius 3 is 2.29 bits per heavy atom. The molecule has 0 radical (unpaired) electrons. The summed E-state index contributed by atoms with van der Waals surface area (Å²) in [5.74, 6) is 4.17. The number of carbonyl (C=O) groups is 1. The minimum absolute atomic E-state index is 0.0278. The van der Waals surface area contributed by atoms with Gasteiger partial charge in [0.1, 0.15) is 12.4 Å². The molecular weight excluding hydrogens is 300 g/mol. The van der Waals surface area contributed by atoms with Crippen molar-refractivity contribution < 1.29 is 9.53 Å². The molecule has 4 heteroatoms. The molecule has 0 aliphatic heterocycles. The Morgan fingerprint density at radius 2 is 1.67 bits per heavy atom. The molecule has 4 bridgehead atoms. The highest BCUT2D eigenvalue weighted by Crippen LogP contribution is 2.53. The second kappa shape index (κ2) is 6.66. The molecule has 4 fully saturated rings. The van der Waals surface area contributed by atoms with Crippen molar-refractivity contribution in [2.75, 3.05) is 13.2 Å². The van der Waals surface area contributed by atoms with Crippen molar-refractivity contribution in [1.82, 2.24) is 10.6 Å². The van der Waals surface area contributed by atoms with Crippen LogP contribution in [0.2, 0.25) is 0 Å². The molecule has 0 heterocycles. The lowest BCUT2D eigenvalue weighted by Gasteiger charge is -2.54. The van der Waals surface area contributed by atoms with Crippen LogP contribution in [0.4, 0.5) is 4.79 Å². The summed E-state index contributed by atoms with van der Waals surface area (Å²) in [6.07, 6.45) is 6.76. The average molecular weight is 328 g/mol. The minimum atomic E-state index is -0.0278. The summed E-state index contributed by atoms with van der Waals surface area (Å²) in [6.45, 7) is 3.09. The van der Waals surface area contributed by atoms with Crippen LogP contribution >= 0.6 is 0 Å². The Balaban J connectivity index is 1.19. The number of hydrogen-bond donors (Lipinski definition) is 2. The van der Waals surface area contributed by atoms with Gasteiger partial charge in [-0.2, -0.15) is 0 Å². The van der Waals surface area contributed by atoms with Gasteiger partial charge in [0, 0.05) is 6.04 Å². The van der Waals surface area contributed by atoms with Crippen molar-refractivity contribution >= 4 is 6.03 Å². The third-order valence-corrected chi connectivity index (χ3v) is 6.20. The quantitative estimate of drug-likeness (QED) is 0.813. The molecule has 0 atom stereocenters. The third-order valence-electron chi connectivity index (χ3n) is 6.20. The Kier molecular flexibility index (Phi) is 4.38. The smallest absolute Gasteiger partial charge is 0.315 e. The highest BCUT2D eigenvalue weighted by atomic mass is 16.5. The number of ether oxygens (including phenoxy) is 1. The molecule has 4 aliphatic carbocycles. The number of carbonyl (C=O) groups excluding carboxylic acids is 1. The molecule has 0 unspecified atom stereocenters. The molecule has 2 amide bonds. The first-order chi connectivity index (χ1) is 11.7. The molecule has 1 aromatic rings. The molecule has 4 nitrogen and oxygen atoms in total. The van der Waals surface area contributed by atoms with E-state index in [1.54, 1.807) is 0 Å². The Hall–Kier alpha value is -1.71. The van der Waals surface area contributed by atoms with Gasteiger partial charge >= 0.3 is 6.03 Å². The van der Waals surface area contributed by atoms with E-state index in [0.29, 0.717) is 19.2 Å². The van der Waals surface area contributed by atoms with E-state index < -0.39 is 0 Å². The maximum absolute atomic E-state index is 12.2. The molecule has 1 aromatic carbocycles. The van der Waals surface area contributed by atoms with E-state index in [4.69, 9.17) is 4.74 Å². The van der Waals surface area contributed by atoms with E-state index in [9.17, 15) is 4.79 Å². The monoisotopic (exact) mass is 328 g/mol. The zero-order valence-electron chi connectivity index (χ0n) is 14.5. The van der Waals surface area contributed by atoms with Gasteiger partial charge < -0.3 is 15.4 Å². The minimum Gasteiger partial charge on any atom is -0.492 e. The van der Waals surface area contributed by atoms with Crippen LogP contribution < -0.4 is 15.4 Å². The van der Waals surface area contributed by atoms with E-state index in [1.165, 1.54) is 37.7 Å². The molecule has 2 N–H and O–H groups in total. The van der Waals surface area contributed by atoms with Crippen LogP contribution in [0.15, 0.2) is 24.3 Å². The van der Waals surface area contributed by atoms with Gasteiger partial charge in [-0.05, 0) is 74.8 Å². The van der Waals surface area contributed by atoms with Crippen molar-refractivity contribution in [3.05, 3.63) is 29.8 Å². The number of rotatable bonds is 5. The maximum atomic E-state index is 12.2. The summed E-state index contributed by atoms with van der Waals surface area (Å²) >= 11 is 0. The summed E-state index contributed by atoms with van der Waals surface area (Å²) in [5, 5.41) is 6.21. The summed E-state index contributed by atoms with van der Waals surface area (Å²) in [7, 11) is 0. The lowest BCUT2D eigenvalue weighted by molar-refractivity contribution is -0.00942. The third kappa shape index (κ3) is 3.38. The topological polar surface area (TPSA) is 50.4 Å². The number of nitrogens with one attached hydrogen (secondary N) is 2. The van der Waals surface area contributed by atoms with E-state index in [0.717, 1.165) is 29.4 Å². The van der Waals surface area contributed by atoms with Crippen LogP contribution in [-0.4, -0.2) is 25.2 Å². The molecule has 130 valence electrons. The predicted molar refractivity (Wildman–Crippen MR) is 94.0 cm³/mol. The Morgan fingerprint density at radius 1 is 1.04 bits per heavy atom. The number of hydrogen-bond acceptors (Lipinski definition) is 2. The fraction of sp³-hybridized carbons (Fsp3) is 0.650. The van der Waals surface area contributed by atoms with Crippen molar-refractivity contribution in [3.8, 4) is 5.75 Å². The van der Waals surface area contributed by atoms with Gasteiger partial charge in [0.15, 0.2) is 0 Å². The lowest BCUT2D eigenvalue weighted by atomic mass is 9.54. The van der Waals surface area contributed by atoms with Crippen molar-refractivity contribution in [2.45, 2.75) is 45.1 Å². The van der Waals surface area contributed by atoms with Crippen LogP contribution in [0.5, 0.6) is 5.75 Å². The predicted octanol–water partition coefficient (Wildman–Crippen LogP) is 3.50. The van der Waals surface area contributed by atoms with Crippen LogP contribution in [0.25, 0.3) is 0 Å². The zero-order chi connectivity index (χ0) is 16.5. The van der Waals surface area contributed by atoms with Crippen LogP contribution in [0, 0.1) is 30.6 Å². The summed E-state index contributed by atoms with van der Waals surface area (Å²) in [4.78, 5) is 12.2. The van der Waals surface area contributed by atoms with Crippen molar-refractivity contribution in [1.29, 1.82) is 0 Å². The molecule has 5 rings (SSSR count). The van der Waals surface area contributed by atoms with Gasteiger partial charge in [-0.25, -0.2) is 4.79 Å². The highest BCUT2D eigenvalue weighted by molar-refractivity contribution is 5.74. The first-order valence-electron chi connectivity index (χ1n) is 9.41. The number of urea groups is 1. The molecular formula is C20H28N2O2. The second-order valence-electron chi connectivity index (χ2n) is 8.02. The standard InChI is InChI=1S/C20H28N2O2/c1-13-2-4-18(5-3-13)24-7-6-21-20(23)22-19-16-9-14-8-15(11-16)12-17(19)10-14/h2-5,14-17,19H,6-12H2,1H3,(H2,21,22,23). The molecule has 4 aliphatic rings. The Bertz CT molecular complexity index is 556. The second-order valence-corrected chi connectivity index (χ2v) is 8.02. The largest absolute Gasteiger partial charge is 0.492 e. The fourth-order valence-electron chi connectivity index (χ4n) is 5.33. The van der Waals surface area contributed by atoms with Gasteiger partial charge in [-0.3, -0.25) is 0 Å². The number of amides is 2. The summed E-state index contributed by atoms with van der Waals surface area (Å²) < 4.78 is 5.65. The number of aryl methyl sites for hydroxylation is 1. The van der Waals surface area contributed by atoms with Gasteiger partial charge in [0.05, 0.1) is 6.54 Å². The van der Waals surface area contributed by atoms with Crippen LogP contribution in [0.1, 0.15) is 37.7 Å². The van der Waals surface area contributed by atoms with Gasteiger partial charge in [0.25, 0.3) is 0 Å². The van der Waals surface area contributed by atoms with E-state index in [2.05, 4.69) is 17.6 Å². The van der Waals surface area contributed by atoms with E-state index in [-0.39, 0.29) is 6.03 Å². The molecule has 0 saturated heterocycles. The normalized spacial score (nSPS) is 33.3. The van der Waals surface area contributed by atoms with Gasteiger partial charge in [0.2, 0.25) is 0 Å². The summed E-state index contributed by atoms with van der Waals surface area (Å²) in [5.41, 5.74) is 1.22.